The second-order valence-electron chi connectivity index (χ2n) is 4.09. The molecule has 1 saturated heterocycles. The summed E-state index contributed by atoms with van der Waals surface area (Å²) in [6.45, 7) is 4.91. The van der Waals surface area contributed by atoms with E-state index in [-0.39, 0.29) is 0 Å². The first-order chi connectivity index (χ1) is 7.31. The minimum absolute atomic E-state index is 0.610. The van der Waals surface area contributed by atoms with Crippen LogP contribution in [0.4, 0.5) is 0 Å². The van der Waals surface area contributed by atoms with Crippen LogP contribution in [-0.2, 0) is 11.3 Å². The first kappa shape index (κ1) is 10.9. The number of aromatic nitrogens is 2. The van der Waals surface area contributed by atoms with E-state index in [0.717, 1.165) is 43.7 Å². The van der Waals surface area contributed by atoms with Gasteiger partial charge in [-0.3, -0.25) is 4.68 Å². The fourth-order valence-corrected chi connectivity index (χ4v) is 2.33. The molecule has 0 bridgehead atoms. The van der Waals surface area contributed by atoms with E-state index in [1.807, 2.05) is 0 Å². The summed E-state index contributed by atoms with van der Waals surface area (Å²) in [7, 11) is 0. The molecule has 0 spiro atoms. The lowest BCUT2D eigenvalue weighted by molar-refractivity contribution is 0.0843. The van der Waals surface area contributed by atoms with Crippen LogP contribution in [-0.4, -0.2) is 23.0 Å². The monoisotopic (exact) mass is 226 g/mol. The van der Waals surface area contributed by atoms with Crippen molar-refractivity contribution in [2.45, 2.75) is 38.6 Å². The Morgan fingerprint density at radius 1 is 1.53 bits per heavy atom. The Kier molecular flexibility index (Phi) is 3.59. The Balaban J connectivity index is 2.13. The molecule has 0 saturated carbocycles. The summed E-state index contributed by atoms with van der Waals surface area (Å²) in [4.78, 5) is 0. The highest BCUT2D eigenvalue weighted by atomic mass is 32.1. The van der Waals surface area contributed by atoms with Crippen LogP contribution in [0.5, 0.6) is 0 Å². The number of rotatable bonds is 3. The van der Waals surface area contributed by atoms with Crippen molar-refractivity contribution in [2.24, 2.45) is 0 Å². The number of hydrogen-bond acceptors (Lipinski definition) is 2. The third-order valence-corrected chi connectivity index (χ3v) is 3.26. The van der Waals surface area contributed by atoms with Crippen LogP contribution < -0.4 is 0 Å². The van der Waals surface area contributed by atoms with Gasteiger partial charge in [-0.05, 0) is 25.3 Å². The van der Waals surface area contributed by atoms with Crippen LogP contribution in [0.2, 0.25) is 0 Å². The third-order valence-electron chi connectivity index (χ3n) is 2.92. The Hall–Kier alpha value is -0.610. The molecule has 0 atom stereocenters. The highest BCUT2D eigenvalue weighted by molar-refractivity contribution is 7.71. The summed E-state index contributed by atoms with van der Waals surface area (Å²) in [5.74, 6) is 0.610. The molecule has 84 valence electrons. The van der Waals surface area contributed by atoms with Gasteiger partial charge in [0.1, 0.15) is 4.64 Å². The number of hydrogen-bond donors (Lipinski definition) is 1. The number of ether oxygens (including phenoxy) is 1. The molecular weight excluding hydrogens is 208 g/mol. The van der Waals surface area contributed by atoms with E-state index in [1.165, 1.54) is 5.69 Å². The molecular formula is C11H18N2OS. The Morgan fingerprint density at radius 3 is 2.93 bits per heavy atom. The maximum absolute atomic E-state index is 5.36. The Morgan fingerprint density at radius 2 is 2.27 bits per heavy atom. The molecule has 1 aromatic heterocycles. The summed E-state index contributed by atoms with van der Waals surface area (Å²) in [5.41, 5.74) is 1.29. The van der Waals surface area contributed by atoms with Crippen molar-refractivity contribution in [3.05, 3.63) is 16.4 Å². The first-order valence-electron chi connectivity index (χ1n) is 5.68. The standard InChI is InChI=1S/C11H18N2OS/c1-2-5-13-11(15)8-10(12-13)9-3-6-14-7-4-9/h8-9,12H,2-7H2,1H3. The number of H-pyrrole nitrogens is 1. The van der Waals surface area contributed by atoms with E-state index in [0.29, 0.717) is 5.92 Å². The molecule has 4 heteroatoms. The number of nitrogens with one attached hydrogen (secondary N) is 1. The SMILES string of the molecule is CCCn1[nH]c(C2CCOCC2)cc1=S. The van der Waals surface area contributed by atoms with Gasteiger partial charge in [0.2, 0.25) is 0 Å². The fraction of sp³-hybridized carbons (Fsp3) is 0.727. The van der Waals surface area contributed by atoms with Gasteiger partial charge in [0.25, 0.3) is 0 Å². The van der Waals surface area contributed by atoms with E-state index < -0.39 is 0 Å². The van der Waals surface area contributed by atoms with Crippen molar-refractivity contribution >= 4 is 12.2 Å². The van der Waals surface area contributed by atoms with Gasteiger partial charge in [0.05, 0.1) is 0 Å². The predicted molar refractivity (Wildman–Crippen MR) is 62.7 cm³/mol. The predicted octanol–water partition coefficient (Wildman–Crippen LogP) is 2.85. The smallest absolute Gasteiger partial charge is 0.122 e. The van der Waals surface area contributed by atoms with Crippen LogP contribution in [0.1, 0.15) is 37.8 Å². The maximum Gasteiger partial charge on any atom is 0.122 e. The zero-order valence-electron chi connectivity index (χ0n) is 9.16. The summed E-state index contributed by atoms with van der Waals surface area (Å²) in [6, 6.07) is 2.11. The molecule has 0 amide bonds. The summed E-state index contributed by atoms with van der Waals surface area (Å²) in [5, 5.41) is 3.41. The molecule has 0 unspecified atom stereocenters. The van der Waals surface area contributed by atoms with Crippen molar-refractivity contribution < 1.29 is 4.74 Å². The van der Waals surface area contributed by atoms with Gasteiger partial charge in [-0.2, -0.15) is 0 Å². The van der Waals surface area contributed by atoms with Crippen molar-refractivity contribution in [1.29, 1.82) is 0 Å². The minimum atomic E-state index is 0.610. The Labute approximate surface area is 95.4 Å². The number of aryl methyl sites for hydroxylation is 1. The largest absolute Gasteiger partial charge is 0.381 e. The average Bonchev–Trinajstić information content (AvgIpc) is 2.63. The lowest BCUT2D eigenvalue weighted by Crippen LogP contribution is -2.14. The minimum Gasteiger partial charge on any atom is -0.381 e. The van der Waals surface area contributed by atoms with Gasteiger partial charge >= 0.3 is 0 Å². The lowest BCUT2D eigenvalue weighted by atomic mass is 9.97. The summed E-state index contributed by atoms with van der Waals surface area (Å²) >= 11 is 5.31. The van der Waals surface area contributed by atoms with Crippen LogP contribution in [0.25, 0.3) is 0 Å². The zero-order chi connectivity index (χ0) is 10.7. The van der Waals surface area contributed by atoms with E-state index in [9.17, 15) is 0 Å². The Bertz CT molecular complexity index is 363. The third kappa shape index (κ3) is 2.49. The molecule has 1 fully saturated rings. The topological polar surface area (TPSA) is 29.9 Å². The van der Waals surface area contributed by atoms with Crippen molar-refractivity contribution in [2.75, 3.05) is 13.2 Å². The van der Waals surface area contributed by atoms with Gasteiger partial charge in [-0.25, -0.2) is 0 Å². The van der Waals surface area contributed by atoms with Crippen molar-refractivity contribution in [3.63, 3.8) is 0 Å². The summed E-state index contributed by atoms with van der Waals surface area (Å²) in [6.07, 6.45) is 3.34. The van der Waals surface area contributed by atoms with Crippen molar-refractivity contribution in [3.8, 4) is 0 Å². The molecule has 2 rings (SSSR count). The van der Waals surface area contributed by atoms with Crippen molar-refractivity contribution in [1.82, 2.24) is 9.78 Å². The highest BCUT2D eigenvalue weighted by Crippen LogP contribution is 2.25. The fourth-order valence-electron chi connectivity index (χ4n) is 2.06. The van der Waals surface area contributed by atoms with E-state index in [2.05, 4.69) is 22.8 Å². The molecule has 2 heterocycles. The van der Waals surface area contributed by atoms with Gasteiger partial charge in [0.15, 0.2) is 0 Å². The second kappa shape index (κ2) is 4.94. The molecule has 0 aromatic carbocycles. The molecule has 0 radical (unpaired) electrons. The van der Waals surface area contributed by atoms with Crippen LogP contribution in [0.15, 0.2) is 6.07 Å². The molecule has 0 aliphatic carbocycles. The highest BCUT2D eigenvalue weighted by Gasteiger charge is 2.17. The van der Waals surface area contributed by atoms with E-state index in [1.54, 1.807) is 0 Å². The van der Waals surface area contributed by atoms with Gasteiger partial charge in [0, 0.05) is 31.4 Å². The maximum atomic E-state index is 5.36. The lowest BCUT2D eigenvalue weighted by Gasteiger charge is -2.20. The number of nitrogens with zero attached hydrogens (tertiary/aromatic N) is 1. The molecule has 3 nitrogen and oxygen atoms in total. The molecule has 1 aromatic rings. The first-order valence-corrected chi connectivity index (χ1v) is 6.09. The normalized spacial score (nSPS) is 18.2. The van der Waals surface area contributed by atoms with Crippen LogP contribution in [0, 0.1) is 4.64 Å². The zero-order valence-corrected chi connectivity index (χ0v) is 9.98. The molecule has 1 aliphatic heterocycles. The number of aromatic amines is 1. The van der Waals surface area contributed by atoms with Gasteiger partial charge in [-0.1, -0.05) is 19.1 Å². The average molecular weight is 226 g/mol. The summed E-state index contributed by atoms with van der Waals surface area (Å²) < 4.78 is 8.36. The van der Waals surface area contributed by atoms with Crippen LogP contribution in [0.3, 0.4) is 0 Å². The van der Waals surface area contributed by atoms with Gasteiger partial charge in [-0.15, -0.1) is 0 Å². The van der Waals surface area contributed by atoms with Gasteiger partial charge < -0.3 is 9.84 Å². The quantitative estimate of drug-likeness (QED) is 0.803. The van der Waals surface area contributed by atoms with E-state index >= 15 is 0 Å². The van der Waals surface area contributed by atoms with Crippen LogP contribution >= 0.6 is 12.2 Å². The molecule has 1 N–H and O–H groups in total. The van der Waals surface area contributed by atoms with E-state index in [4.69, 9.17) is 17.0 Å². The second-order valence-corrected chi connectivity index (χ2v) is 4.51. The molecule has 15 heavy (non-hydrogen) atoms. The molecule has 1 aliphatic rings.